The van der Waals surface area contributed by atoms with Crippen LogP contribution in [0.4, 0.5) is 13.2 Å². The van der Waals surface area contributed by atoms with Crippen molar-refractivity contribution in [2.24, 2.45) is 4.99 Å². The Balaban J connectivity index is 1.91. The van der Waals surface area contributed by atoms with E-state index in [1.807, 2.05) is 0 Å². The van der Waals surface area contributed by atoms with Crippen LogP contribution in [0.1, 0.15) is 17.5 Å². The van der Waals surface area contributed by atoms with E-state index in [1.165, 1.54) is 12.1 Å². The maximum atomic E-state index is 12.4. The van der Waals surface area contributed by atoms with Gasteiger partial charge in [-0.1, -0.05) is 12.1 Å². The third kappa shape index (κ3) is 3.72. The zero-order chi connectivity index (χ0) is 14.8. The Hall–Kier alpha value is -2.05. The number of carbonyl (C=O) groups is 1. The molecular weight excluding hydrogens is 275 g/mol. The van der Waals surface area contributed by atoms with Crippen molar-refractivity contribution in [3.8, 4) is 0 Å². The summed E-state index contributed by atoms with van der Waals surface area (Å²) >= 11 is 0. The average molecular weight is 287 g/mol. The van der Waals surface area contributed by atoms with Gasteiger partial charge in [-0.25, -0.2) is 0 Å². The molecule has 7 heteroatoms. The van der Waals surface area contributed by atoms with Gasteiger partial charge in [0.1, 0.15) is 12.5 Å². The van der Waals surface area contributed by atoms with Crippen molar-refractivity contribution >= 4 is 11.9 Å². The number of carboxylic acid groups (broad SMARTS) is 1. The predicted octanol–water partition coefficient (Wildman–Crippen LogP) is 2.52. The number of nitrogens with zero attached hydrogens (tertiary/aromatic N) is 1. The largest absolute Gasteiger partial charge is 0.481 e. The minimum atomic E-state index is -4.35. The van der Waals surface area contributed by atoms with Crippen LogP contribution in [0.2, 0.25) is 0 Å². The first-order chi connectivity index (χ1) is 9.34. The summed E-state index contributed by atoms with van der Waals surface area (Å²) in [6, 6.07) is 4.81. The zero-order valence-corrected chi connectivity index (χ0v) is 10.4. The molecule has 108 valence electrons. The lowest BCUT2D eigenvalue weighted by Crippen LogP contribution is -2.17. The smallest absolute Gasteiger partial charge is 0.416 e. The number of hydrogen-bond donors (Lipinski definition) is 1. The summed E-state index contributed by atoms with van der Waals surface area (Å²) in [4.78, 5) is 14.4. The maximum absolute atomic E-state index is 12.4. The van der Waals surface area contributed by atoms with E-state index in [9.17, 15) is 18.0 Å². The molecule has 20 heavy (non-hydrogen) atoms. The second kappa shape index (κ2) is 5.52. The lowest BCUT2D eigenvalue weighted by atomic mass is 10.1. The number of aliphatic imine (C=N–C) groups is 1. The molecule has 1 aliphatic heterocycles. The van der Waals surface area contributed by atoms with Crippen LogP contribution in [0, 0.1) is 0 Å². The molecule has 1 aromatic carbocycles. The summed E-state index contributed by atoms with van der Waals surface area (Å²) in [5.41, 5.74) is -0.00817. The van der Waals surface area contributed by atoms with Gasteiger partial charge in [-0.2, -0.15) is 13.2 Å². The molecule has 1 heterocycles. The van der Waals surface area contributed by atoms with E-state index in [0.717, 1.165) is 12.1 Å². The van der Waals surface area contributed by atoms with Gasteiger partial charge in [0.15, 0.2) is 5.90 Å². The zero-order valence-electron chi connectivity index (χ0n) is 10.4. The van der Waals surface area contributed by atoms with Crippen LogP contribution in [-0.2, 0) is 22.1 Å². The summed E-state index contributed by atoms with van der Waals surface area (Å²) in [6.45, 7) is 0.323. The van der Waals surface area contributed by atoms with Crippen LogP contribution in [-0.4, -0.2) is 29.6 Å². The van der Waals surface area contributed by atoms with E-state index in [-0.39, 0.29) is 18.4 Å². The van der Waals surface area contributed by atoms with Gasteiger partial charge in [-0.15, -0.1) is 0 Å². The van der Waals surface area contributed by atoms with Gasteiger partial charge in [-0.3, -0.25) is 9.79 Å². The first-order valence-electron chi connectivity index (χ1n) is 5.92. The fourth-order valence-electron chi connectivity index (χ4n) is 1.90. The lowest BCUT2D eigenvalue weighted by molar-refractivity contribution is -0.138. The Bertz CT molecular complexity index is 523. The van der Waals surface area contributed by atoms with Crippen molar-refractivity contribution in [3.05, 3.63) is 35.4 Å². The Morgan fingerprint density at radius 2 is 2.00 bits per heavy atom. The predicted molar refractivity (Wildman–Crippen MR) is 64.6 cm³/mol. The number of hydrogen-bond acceptors (Lipinski definition) is 3. The molecular formula is C13H12F3NO3. The number of halogens is 3. The summed E-state index contributed by atoms with van der Waals surface area (Å²) < 4.78 is 42.5. The van der Waals surface area contributed by atoms with Gasteiger partial charge in [0.25, 0.3) is 0 Å². The van der Waals surface area contributed by atoms with E-state index >= 15 is 0 Å². The van der Waals surface area contributed by atoms with Gasteiger partial charge in [0, 0.05) is 6.42 Å². The Morgan fingerprint density at radius 3 is 2.55 bits per heavy atom. The highest BCUT2D eigenvalue weighted by Gasteiger charge is 2.30. The monoisotopic (exact) mass is 287 g/mol. The second-order valence-electron chi connectivity index (χ2n) is 4.44. The topological polar surface area (TPSA) is 58.9 Å². The van der Waals surface area contributed by atoms with Crippen LogP contribution in [0.3, 0.4) is 0 Å². The summed E-state index contributed by atoms with van der Waals surface area (Å²) in [5.74, 6) is -0.867. The number of carboxylic acids is 1. The normalized spacial score (nSPS) is 18.6. The quantitative estimate of drug-likeness (QED) is 0.925. The van der Waals surface area contributed by atoms with E-state index in [2.05, 4.69) is 4.99 Å². The maximum Gasteiger partial charge on any atom is 0.416 e. The molecule has 0 spiro atoms. The Labute approximate surface area is 112 Å². The molecule has 2 rings (SSSR count). The molecule has 0 saturated carbocycles. The molecule has 1 atom stereocenters. The highest BCUT2D eigenvalue weighted by molar-refractivity contribution is 5.94. The Morgan fingerprint density at radius 1 is 1.35 bits per heavy atom. The highest BCUT2D eigenvalue weighted by atomic mass is 19.4. The molecule has 1 N–H and O–H groups in total. The van der Waals surface area contributed by atoms with Gasteiger partial charge in [0.2, 0.25) is 0 Å². The third-order valence-electron chi connectivity index (χ3n) is 2.82. The molecule has 0 saturated heterocycles. The minimum Gasteiger partial charge on any atom is -0.481 e. The average Bonchev–Trinajstić information content (AvgIpc) is 2.75. The molecule has 0 radical (unpaired) electrons. The Kier molecular flexibility index (Phi) is 3.96. The lowest BCUT2D eigenvalue weighted by Gasteiger charge is -2.12. The van der Waals surface area contributed by atoms with Gasteiger partial charge in [0.05, 0.1) is 12.1 Å². The van der Waals surface area contributed by atoms with E-state index in [1.54, 1.807) is 0 Å². The van der Waals surface area contributed by atoms with Crippen LogP contribution in [0.15, 0.2) is 29.3 Å². The number of alkyl halides is 3. The van der Waals surface area contributed by atoms with Crippen molar-refractivity contribution in [1.82, 2.24) is 0 Å². The molecule has 0 aromatic heterocycles. The minimum absolute atomic E-state index is 0.161. The van der Waals surface area contributed by atoms with Crippen LogP contribution >= 0.6 is 0 Å². The number of aliphatic carboxylic acids is 1. The number of ether oxygens (including phenoxy) is 1. The van der Waals surface area contributed by atoms with Crippen LogP contribution in [0.5, 0.6) is 0 Å². The molecule has 1 unspecified atom stereocenters. The standard InChI is InChI=1S/C13H12F3NO3/c14-13(15,16)9-3-1-8(2-4-9)5-10-7-17-11(20-10)6-12(18)19/h1-4,10H,5-7H2,(H,18,19). The fourth-order valence-corrected chi connectivity index (χ4v) is 1.90. The summed E-state index contributed by atoms with van der Waals surface area (Å²) in [5, 5.41) is 8.59. The molecule has 1 aliphatic rings. The van der Waals surface area contributed by atoms with Gasteiger partial charge < -0.3 is 9.84 Å². The first kappa shape index (κ1) is 14.4. The van der Waals surface area contributed by atoms with E-state index < -0.39 is 17.7 Å². The number of rotatable bonds is 4. The summed E-state index contributed by atoms with van der Waals surface area (Å²) in [6.07, 6.45) is -4.55. The third-order valence-corrected chi connectivity index (χ3v) is 2.82. The van der Waals surface area contributed by atoms with Crippen LogP contribution < -0.4 is 0 Å². The highest BCUT2D eigenvalue weighted by Crippen LogP contribution is 2.29. The molecule has 0 fully saturated rings. The molecule has 4 nitrogen and oxygen atoms in total. The molecule has 0 aliphatic carbocycles. The van der Waals surface area contributed by atoms with Crippen molar-refractivity contribution in [2.45, 2.75) is 25.1 Å². The van der Waals surface area contributed by atoms with Gasteiger partial charge in [-0.05, 0) is 17.7 Å². The van der Waals surface area contributed by atoms with Gasteiger partial charge >= 0.3 is 12.1 Å². The van der Waals surface area contributed by atoms with Crippen LogP contribution in [0.25, 0.3) is 0 Å². The fraction of sp³-hybridized carbons (Fsp3) is 0.385. The summed E-state index contributed by atoms with van der Waals surface area (Å²) in [7, 11) is 0. The van der Waals surface area contributed by atoms with Crippen molar-refractivity contribution in [1.29, 1.82) is 0 Å². The molecule has 0 amide bonds. The van der Waals surface area contributed by atoms with Crippen molar-refractivity contribution < 1.29 is 27.8 Å². The first-order valence-corrected chi connectivity index (χ1v) is 5.92. The van der Waals surface area contributed by atoms with E-state index in [0.29, 0.717) is 18.5 Å². The number of benzene rings is 1. The molecule has 1 aromatic rings. The van der Waals surface area contributed by atoms with Crippen molar-refractivity contribution in [2.75, 3.05) is 6.54 Å². The van der Waals surface area contributed by atoms with Crippen molar-refractivity contribution in [3.63, 3.8) is 0 Å². The SMILES string of the molecule is O=C(O)CC1=NCC(Cc2ccc(C(F)(F)F)cc2)O1. The molecule has 0 bridgehead atoms. The van der Waals surface area contributed by atoms with E-state index in [4.69, 9.17) is 9.84 Å². The second-order valence-corrected chi connectivity index (χ2v) is 4.44.